The summed E-state index contributed by atoms with van der Waals surface area (Å²) >= 11 is 0. The molecule has 1 aliphatic heterocycles. The molecule has 9 heteroatoms. The summed E-state index contributed by atoms with van der Waals surface area (Å²) in [6, 6.07) is 12.0. The van der Waals surface area contributed by atoms with Crippen LogP contribution in [0.3, 0.4) is 0 Å². The monoisotopic (exact) mass is 439 g/mol. The number of fused-ring (bicyclic) bond motifs is 1. The van der Waals surface area contributed by atoms with Gasteiger partial charge in [-0.05, 0) is 36.5 Å². The number of esters is 1. The second kappa shape index (κ2) is 9.78. The van der Waals surface area contributed by atoms with E-state index in [1.807, 2.05) is 23.1 Å². The van der Waals surface area contributed by atoms with Gasteiger partial charge in [-0.15, -0.1) is 0 Å². The van der Waals surface area contributed by atoms with Crippen molar-refractivity contribution in [3.8, 4) is 0 Å². The highest BCUT2D eigenvalue weighted by Gasteiger charge is 2.25. The zero-order valence-electron chi connectivity index (χ0n) is 17.6. The molecule has 1 heterocycles. The molecule has 168 valence electrons. The molecule has 1 aliphatic carbocycles. The molecule has 1 saturated heterocycles. The summed E-state index contributed by atoms with van der Waals surface area (Å²) in [7, 11) is 0. The number of nitrogens with one attached hydrogen (secondary N) is 1. The molecule has 4 rings (SSSR count). The van der Waals surface area contributed by atoms with Gasteiger partial charge in [0.2, 0.25) is 0 Å². The molecule has 0 saturated carbocycles. The highest BCUT2D eigenvalue weighted by Crippen LogP contribution is 2.30. The minimum Gasteiger partial charge on any atom is -0.452 e. The molecule has 1 atom stereocenters. The first-order valence-corrected chi connectivity index (χ1v) is 10.7. The predicted octanol–water partition coefficient (Wildman–Crippen LogP) is 2.78. The molecule has 32 heavy (non-hydrogen) atoms. The van der Waals surface area contributed by atoms with Gasteiger partial charge in [0.05, 0.1) is 35.4 Å². The van der Waals surface area contributed by atoms with E-state index in [1.54, 1.807) is 6.07 Å². The number of non-ortho nitro benzene ring substituents is 1. The molecular weight excluding hydrogens is 414 g/mol. The number of morpholine rings is 1. The molecule has 1 unspecified atom stereocenters. The van der Waals surface area contributed by atoms with Crippen molar-refractivity contribution in [2.75, 3.05) is 37.8 Å². The minimum atomic E-state index is -0.769. The molecule has 0 bridgehead atoms. The first-order chi connectivity index (χ1) is 15.5. The van der Waals surface area contributed by atoms with Crippen molar-refractivity contribution in [3.05, 3.63) is 69.3 Å². The van der Waals surface area contributed by atoms with Crippen LogP contribution < -0.4 is 10.2 Å². The minimum absolute atomic E-state index is 0.0666. The van der Waals surface area contributed by atoms with Gasteiger partial charge in [-0.25, -0.2) is 4.79 Å². The summed E-state index contributed by atoms with van der Waals surface area (Å²) in [6.07, 6.45) is 2.77. The van der Waals surface area contributed by atoms with E-state index < -0.39 is 23.4 Å². The zero-order valence-corrected chi connectivity index (χ0v) is 17.6. The number of hydrogen-bond acceptors (Lipinski definition) is 7. The Labute approximate surface area is 185 Å². The Balaban J connectivity index is 1.44. The van der Waals surface area contributed by atoms with E-state index in [4.69, 9.17) is 9.47 Å². The second-order valence-corrected chi connectivity index (χ2v) is 7.85. The molecule has 9 nitrogen and oxygen atoms in total. The van der Waals surface area contributed by atoms with E-state index in [-0.39, 0.29) is 17.3 Å². The van der Waals surface area contributed by atoms with E-state index >= 15 is 0 Å². The molecule has 1 amide bonds. The lowest BCUT2D eigenvalue weighted by Crippen LogP contribution is -2.37. The number of carbonyl (C=O) groups excluding carboxylic acids is 2. The molecule has 0 radical (unpaired) electrons. The van der Waals surface area contributed by atoms with Crippen molar-refractivity contribution < 1.29 is 24.0 Å². The molecule has 0 spiro atoms. The highest BCUT2D eigenvalue weighted by molar-refractivity contribution is 5.97. The molecule has 2 aromatic rings. The van der Waals surface area contributed by atoms with E-state index in [0.717, 1.165) is 24.8 Å². The third-order valence-corrected chi connectivity index (χ3v) is 5.80. The number of aryl methyl sites for hydroxylation is 1. The maximum Gasteiger partial charge on any atom is 0.341 e. The van der Waals surface area contributed by atoms with Crippen molar-refractivity contribution in [2.24, 2.45) is 0 Å². The number of carbonyl (C=O) groups is 2. The fourth-order valence-electron chi connectivity index (χ4n) is 4.23. The van der Waals surface area contributed by atoms with Crippen LogP contribution in [0.2, 0.25) is 0 Å². The number of ether oxygens (including phenoxy) is 2. The smallest absolute Gasteiger partial charge is 0.341 e. The second-order valence-electron chi connectivity index (χ2n) is 7.85. The Morgan fingerprint density at radius 3 is 2.75 bits per heavy atom. The normalized spacial score (nSPS) is 17.9. The topological polar surface area (TPSA) is 111 Å². The summed E-state index contributed by atoms with van der Waals surface area (Å²) in [5, 5.41) is 14.1. The Morgan fingerprint density at radius 2 is 1.97 bits per heavy atom. The maximum atomic E-state index is 12.8. The van der Waals surface area contributed by atoms with Crippen LogP contribution in [-0.2, 0) is 20.7 Å². The largest absolute Gasteiger partial charge is 0.452 e. The van der Waals surface area contributed by atoms with E-state index in [2.05, 4.69) is 11.4 Å². The lowest BCUT2D eigenvalue weighted by Gasteiger charge is -2.30. The predicted molar refractivity (Wildman–Crippen MR) is 117 cm³/mol. The van der Waals surface area contributed by atoms with Crippen molar-refractivity contribution in [2.45, 2.75) is 25.3 Å². The first-order valence-electron chi connectivity index (χ1n) is 10.7. The van der Waals surface area contributed by atoms with Gasteiger partial charge < -0.3 is 19.7 Å². The molecular formula is C23H25N3O6. The van der Waals surface area contributed by atoms with Gasteiger partial charge in [-0.1, -0.05) is 24.3 Å². The van der Waals surface area contributed by atoms with Gasteiger partial charge in [0.1, 0.15) is 0 Å². The van der Waals surface area contributed by atoms with Crippen molar-refractivity contribution in [1.82, 2.24) is 5.32 Å². The fourth-order valence-corrected chi connectivity index (χ4v) is 4.23. The summed E-state index contributed by atoms with van der Waals surface area (Å²) in [4.78, 5) is 37.9. The molecule has 2 aromatic carbocycles. The van der Waals surface area contributed by atoms with Gasteiger partial charge >= 0.3 is 5.97 Å². The summed E-state index contributed by atoms with van der Waals surface area (Å²) < 4.78 is 10.6. The third-order valence-electron chi connectivity index (χ3n) is 5.80. The van der Waals surface area contributed by atoms with E-state index in [1.165, 1.54) is 17.7 Å². The van der Waals surface area contributed by atoms with Crippen LogP contribution in [0.5, 0.6) is 0 Å². The molecule has 1 N–H and O–H groups in total. The van der Waals surface area contributed by atoms with E-state index in [9.17, 15) is 19.7 Å². The summed E-state index contributed by atoms with van der Waals surface area (Å²) in [6.45, 7) is 1.65. The average molecular weight is 439 g/mol. The Kier molecular flexibility index (Phi) is 6.65. The van der Waals surface area contributed by atoms with Crippen LogP contribution in [0.4, 0.5) is 11.4 Å². The molecule has 2 aliphatic rings. The Morgan fingerprint density at radius 1 is 1.19 bits per heavy atom. The number of anilines is 1. The number of amides is 1. The highest BCUT2D eigenvalue weighted by atomic mass is 16.6. The Hall–Kier alpha value is -3.46. The number of nitro groups is 1. The number of hydrogen-bond donors (Lipinski definition) is 1. The summed E-state index contributed by atoms with van der Waals surface area (Å²) in [5.74, 6) is -1.17. The number of benzene rings is 2. The van der Waals surface area contributed by atoms with Crippen LogP contribution >= 0.6 is 0 Å². The lowest BCUT2D eigenvalue weighted by atomic mass is 9.88. The van der Waals surface area contributed by atoms with Gasteiger partial charge in [-0.2, -0.15) is 0 Å². The van der Waals surface area contributed by atoms with Crippen molar-refractivity contribution >= 4 is 23.3 Å². The average Bonchev–Trinajstić information content (AvgIpc) is 2.83. The Bertz CT molecular complexity index is 1020. The van der Waals surface area contributed by atoms with Gasteiger partial charge in [-0.3, -0.25) is 14.9 Å². The van der Waals surface area contributed by atoms with Gasteiger partial charge in [0.15, 0.2) is 6.61 Å². The van der Waals surface area contributed by atoms with Crippen LogP contribution in [0.25, 0.3) is 0 Å². The van der Waals surface area contributed by atoms with Crippen LogP contribution in [-0.4, -0.2) is 49.7 Å². The van der Waals surface area contributed by atoms with Crippen LogP contribution in [0.1, 0.15) is 40.4 Å². The van der Waals surface area contributed by atoms with Gasteiger partial charge in [0, 0.05) is 25.2 Å². The quantitative estimate of drug-likeness (QED) is 0.419. The SMILES string of the molecule is O=C(COC(=O)c1cc([N+](=O)[O-])ccc1N1CCOCC1)NC1CCCc2ccccc21. The summed E-state index contributed by atoms with van der Waals surface area (Å²) in [5.41, 5.74) is 2.69. The van der Waals surface area contributed by atoms with Crippen molar-refractivity contribution in [3.63, 3.8) is 0 Å². The van der Waals surface area contributed by atoms with Crippen LogP contribution in [0.15, 0.2) is 42.5 Å². The first kappa shape index (κ1) is 21.8. The lowest BCUT2D eigenvalue weighted by molar-refractivity contribution is -0.384. The third kappa shape index (κ3) is 4.88. The molecule has 1 fully saturated rings. The van der Waals surface area contributed by atoms with Gasteiger partial charge in [0.25, 0.3) is 11.6 Å². The number of nitrogens with zero attached hydrogens (tertiary/aromatic N) is 2. The molecule has 0 aromatic heterocycles. The maximum absolute atomic E-state index is 12.8. The number of rotatable bonds is 6. The van der Waals surface area contributed by atoms with E-state index in [0.29, 0.717) is 32.0 Å². The number of nitro benzene ring substituents is 1. The fraction of sp³-hybridized carbons (Fsp3) is 0.391. The van der Waals surface area contributed by atoms with Crippen molar-refractivity contribution in [1.29, 1.82) is 0 Å². The van der Waals surface area contributed by atoms with Crippen LogP contribution in [0, 0.1) is 10.1 Å². The standard InChI is InChI=1S/C23H25N3O6/c27-22(24-20-7-3-5-16-4-1-2-6-18(16)20)15-32-23(28)19-14-17(26(29)30)8-9-21(19)25-10-12-31-13-11-25/h1-2,4,6,8-9,14,20H,3,5,7,10-13,15H2,(H,24,27). The zero-order chi connectivity index (χ0) is 22.5.